The van der Waals surface area contributed by atoms with Crippen LogP contribution in [-0.2, 0) is 6.42 Å². The number of imidazole rings is 1. The Morgan fingerprint density at radius 1 is 1.32 bits per heavy atom. The van der Waals surface area contributed by atoms with Gasteiger partial charge in [0.15, 0.2) is 5.65 Å². The maximum absolute atomic E-state index is 12.5. The molecule has 0 radical (unpaired) electrons. The highest BCUT2D eigenvalue weighted by atomic mass is 79.9. The molecule has 1 aromatic carbocycles. The Bertz CT molecular complexity index is 820. The lowest BCUT2D eigenvalue weighted by Crippen LogP contribution is -2.05. The summed E-state index contributed by atoms with van der Waals surface area (Å²) in [6, 6.07) is 6.77. The van der Waals surface area contributed by atoms with Crippen LogP contribution in [0.2, 0.25) is 0 Å². The van der Waals surface area contributed by atoms with Gasteiger partial charge < -0.3 is 4.74 Å². The SMILES string of the molecule is Cc1nc2cnc(Br)cn2c1Cc1ccccc1OC(F)F. The molecule has 0 unspecified atom stereocenters. The lowest BCUT2D eigenvalue weighted by molar-refractivity contribution is -0.0503. The van der Waals surface area contributed by atoms with Crippen LogP contribution in [0.4, 0.5) is 8.78 Å². The summed E-state index contributed by atoms with van der Waals surface area (Å²) in [6.45, 7) is -0.963. The molecule has 2 aromatic heterocycles. The summed E-state index contributed by atoms with van der Waals surface area (Å²) in [5, 5.41) is 0. The van der Waals surface area contributed by atoms with Crippen molar-refractivity contribution in [2.24, 2.45) is 0 Å². The van der Waals surface area contributed by atoms with Crippen LogP contribution in [0.25, 0.3) is 5.65 Å². The second kappa shape index (κ2) is 6.00. The number of benzene rings is 1. The molecule has 0 atom stereocenters. The number of alkyl halides is 2. The van der Waals surface area contributed by atoms with E-state index in [2.05, 4.69) is 30.6 Å². The fraction of sp³-hybridized carbons (Fsp3) is 0.200. The molecule has 0 aliphatic rings. The third kappa shape index (κ3) is 2.94. The van der Waals surface area contributed by atoms with Crippen molar-refractivity contribution in [2.75, 3.05) is 0 Å². The molecule has 0 aliphatic heterocycles. The number of rotatable bonds is 4. The fourth-order valence-electron chi connectivity index (χ4n) is 2.35. The maximum Gasteiger partial charge on any atom is 0.387 e. The summed E-state index contributed by atoms with van der Waals surface area (Å²) >= 11 is 3.32. The molecule has 22 heavy (non-hydrogen) atoms. The monoisotopic (exact) mass is 367 g/mol. The van der Waals surface area contributed by atoms with E-state index in [4.69, 9.17) is 0 Å². The largest absolute Gasteiger partial charge is 0.435 e. The highest BCUT2D eigenvalue weighted by Gasteiger charge is 2.14. The second-order valence-corrected chi connectivity index (χ2v) is 5.56. The van der Waals surface area contributed by atoms with Gasteiger partial charge in [-0.3, -0.25) is 4.40 Å². The highest BCUT2D eigenvalue weighted by Crippen LogP contribution is 2.25. The lowest BCUT2D eigenvalue weighted by Gasteiger charge is -2.11. The van der Waals surface area contributed by atoms with Gasteiger partial charge in [0.25, 0.3) is 0 Å². The molecular formula is C15H12BrF2N3O. The van der Waals surface area contributed by atoms with Crippen LogP contribution in [0.1, 0.15) is 17.0 Å². The van der Waals surface area contributed by atoms with E-state index < -0.39 is 6.61 Å². The molecule has 0 amide bonds. The van der Waals surface area contributed by atoms with Crippen molar-refractivity contribution in [3.8, 4) is 5.75 Å². The molecule has 2 heterocycles. The number of hydrogen-bond donors (Lipinski definition) is 0. The van der Waals surface area contributed by atoms with Gasteiger partial charge in [0.2, 0.25) is 0 Å². The van der Waals surface area contributed by atoms with E-state index in [1.54, 1.807) is 30.6 Å². The molecule has 0 saturated carbocycles. The van der Waals surface area contributed by atoms with E-state index in [0.29, 0.717) is 22.2 Å². The number of fused-ring (bicyclic) bond motifs is 1. The summed E-state index contributed by atoms with van der Waals surface area (Å²) < 4.78 is 32.2. The number of aryl methyl sites for hydroxylation is 1. The van der Waals surface area contributed by atoms with Crippen molar-refractivity contribution >= 4 is 21.6 Å². The first-order valence-corrected chi connectivity index (χ1v) is 7.35. The molecule has 0 N–H and O–H groups in total. The van der Waals surface area contributed by atoms with Gasteiger partial charge in [-0.2, -0.15) is 8.78 Å². The van der Waals surface area contributed by atoms with Crippen LogP contribution in [0.3, 0.4) is 0 Å². The minimum Gasteiger partial charge on any atom is -0.435 e. The predicted molar refractivity (Wildman–Crippen MR) is 81.3 cm³/mol. The first-order chi connectivity index (χ1) is 10.5. The Morgan fingerprint density at radius 3 is 2.86 bits per heavy atom. The van der Waals surface area contributed by atoms with Crippen molar-refractivity contribution in [1.29, 1.82) is 0 Å². The quantitative estimate of drug-likeness (QED) is 0.699. The molecule has 0 spiro atoms. The second-order valence-electron chi connectivity index (χ2n) is 4.75. The van der Waals surface area contributed by atoms with Crippen molar-refractivity contribution in [1.82, 2.24) is 14.4 Å². The first-order valence-electron chi connectivity index (χ1n) is 6.56. The maximum atomic E-state index is 12.5. The first kappa shape index (κ1) is 14.9. The van der Waals surface area contributed by atoms with Gasteiger partial charge in [0, 0.05) is 18.2 Å². The predicted octanol–water partition coefficient (Wildman–Crippen LogP) is 3.99. The fourth-order valence-corrected chi connectivity index (χ4v) is 2.66. The van der Waals surface area contributed by atoms with Crippen molar-refractivity contribution in [3.63, 3.8) is 0 Å². The number of hydrogen-bond acceptors (Lipinski definition) is 3. The minimum atomic E-state index is -2.84. The summed E-state index contributed by atoms with van der Waals surface area (Å²) in [5.41, 5.74) is 3.12. The summed E-state index contributed by atoms with van der Waals surface area (Å²) in [6.07, 6.45) is 3.90. The number of ether oxygens (including phenoxy) is 1. The molecule has 0 aliphatic carbocycles. The van der Waals surface area contributed by atoms with E-state index in [1.807, 2.05) is 11.3 Å². The molecule has 0 bridgehead atoms. The standard InChI is InChI=1S/C15H12BrF2N3O/c1-9-11(21-8-13(16)19-7-14(21)20-9)6-10-4-2-3-5-12(10)22-15(17)18/h2-5,7-8,15H,6H2,1H3. The van der Waals surface area contributed by atoms with Gasteiger partial charge in [-0.15, -0.1) is 0 Å². The summed E-state index contributed by atoms with van der Waals surface area (Å²) in [4.78, 5) is 8.57. The van der Waals surface area contributed by atoms with Gasteiger partial charge >= 0.3 is 6.61 Å². The van der Waals surface area contributed by atoms with Gasteiger partial charge in [-0.05, 0) is 28.9 Å². The molecule has 7 heteroatoms. The average Bonchev–Trinajstić information content (AvgIpc) is 2.76. The van der Waals surface area contributed by atoms with Gasteiger partial charge in [0.05, 0.1) is 17.6 Å². The van der Waals surface area contributed by atoms with E-state index in [0.717, 1.165) is 11.4 Å². The van der Waals surface area contributed by atoms with Crippen LogP contribution in [0.5, 0.6) is 5.75 Å². The lowest BCUT2D eigenvalue weighted by atomic mass is 10.1. The van der Waals surface area contributed by atoms with Crippen molar-refractivity contribution < 1.29 is 13.5 Å². The molecule has 3 rings (SSSR count). The van der Waals surface area contributed by atoms with E-state index >= 15 is 0 Å². The van der Waals surface area contributed by atoms with Gasteiger partial charge in [-0.25, -0.2) is 9.97 Å². The number of aromatic nitrogens is 3. The van der Waals surface area contributed by atoms with Crippen LogP contribution < -0.4 is 4.74 Å². The molecular weight excluding hydrogens is 356 g/mol. The highest BCUT2D eigenvalue weighted by molar-refractivity contribution is 9.10. The van der Waals surface area contributed by atoms with Crippen molar-refractivity contribution in [3.05, 3.63) is 58.2 Å². The zero-order valence-corrected chi connectivity index (χ0v) is 13.2. The third-order valence-electron chi connectivity index (χ3n) is 3.32. The van der Waals surface area contributed by atoms with Crippen molar-refractivity contribution in [2.45, 2.75) is 20.0 Å². The number of para-hydroxylation sites is 1. The Hall–Kier alpha value is -2.02. The molecule has 0 saturated heterocycles. The Morgan fingerprint density at radius 2 is 2.09 bits per heavy atom. The molecule has 114 valence electrons. The zero-order valence-electron chi connectivity index (χ0n) is 11.6. The Kier molecular flexibility index (Phi) is 4.06. The number of halogens is 3. The molecule has 3 aromatic rings. The van der Waals surface area contributed by atoms with Gasteiger partial charge in [0.1, 0.15) is 10.4 Å². The van der Waals surface area contributed by atoms with E-state index in [9.17, 15) is 8.78 Å². The van der Waals surface area contributed by atoms with Crippen LogP contribution in [0.15, 0.2) is 41.3 Å². The topological polar surface area (TPSA) is 39.4 Å². The smallest absolute Gasteiger partial charge is 0.387 e. The zero-order chi connectivity index (χ0) is 15.7. The van der Waals surface area contributed by atoms with Crippen LogP contribution >= 0.6 is 15.9 Å². The minimum absolute atomic E-state index is 0.181. The molecule has 0 fully saturated rings. The van der Waals surface area contributed by atoms with Crippen LogP contribution in [0, 0.1) is 6.92 Å². The summed E-state index contributed by atoms with van der Waals surface area (Å²) in [7, 11) is 0. The Balaban J connectivity index is 2.03. The normalized spacial score (nSPS) is 11.3. The average molecular weight is 368 g/mol. The van der Waals surface area contributed by atoms with E-state index in [1.165, 1.54) is 6.07 Å². The third-order valence-corrected chi connectivity index (χ3v) is 3.73. The molecule has 4 nitrogen and oxygen atoms in total. The van der Waals surface area contributed by atoms with Crippen LogP contribution in [-0.4, -0.2) is 21.0 Å². The number of nitrogens with zero attached hydrogens (tertiary/aromatic N) is 3. The van der Waals surface area contributed by atoms with Gasteiger partial charge in [-0.1, -0.05) is 18.2 Å². The Labute approximate surface area is 133 Å². The van der Waals surface area contributed by atoms with E-state index in [-0.39, 0.29) is 5.75 Å². The summed E-state index contributed by atoms with van der Waals surface area (Å²) in [5.74, 6) is 0.181.